The highest BCUT2D eigenvalue weighted by Gasteiger charge is 2.13. The molecule has 0 unspecified atom stereocenters. The van der Waals surface area contributed by atoms with Gasteiger partial charge in [-0.25, -0.2) is 9.78 Å². The van der Waals surface area contributed by atoms with Crippen molar-refractivity contribution >= 4 is 45.2 Å². The van der Waals surface area contributed by atoms with E-state index in [1.165, 1.54) is 17.4 Å². The Morgan fingerprint density at radius 2 is 1.90 bits per heavy atom. The van der Waals surface area contributed by atoms with E-state index in [1.807, 2.05) is 47.8 Å². The second kappa shape index (κ2) is 8.43. The molecule has 0 aliphatic heterocycles. The molecule has 2 aromatic carbocycles. The first kappa shape index (κ1) is 19.1. The molecular formula is C22H15ClN2O3S. The summed E-state index contributed by atoms with van der Waals surface area (Å²) in [6.07, 6.45) is 2.87. The highest BCUT2D eigenvalue weighted by molar-refractivity contribution is 7.17. The Bertz CT molecular complexity index is 1260. The minimum atomic E-state index is -0.552. The number of aromatic amines is 1. The molecule has 0 amide bonds. The highest BCUT2D eigenvalue weighted by atomic mass is 35.5. The molecule has 0 saturated carbocycles. The third-order valence-electron chi connectivity index (χ3n) is 4.23. The molecular weight excluding hydrogens is 408 g/mol. The Morgan fingerprint density at radius 1 is 1.14 bits per heavy atom. The first-order valence-electron chi connectivity index (χ1n) is 8.77. The van der Waals surface area contributed by atoms with Crippen LogP contribution >= 0.6 is 22.9 Å². The molecule has 0 radical (unpaired) electrons. The van der Waals surface area contributed by atoms with Gasteiger partial charge in [0.15, 0.2) is 0 Å². The number of thiophene rings is 1. The molecule has 4 rings (SSSR count). The van der Waals surface area contributed by atoms with Crippen molar-refractivity contribution in [1.82, 2.24) is 9.97 Å². The van der Waals surface area contributed by atoms with Gasteiger partial charge in [-0.1, -0.05) is 60.1 Å². The van der Waals surface area contributed by atoms with Gasteiger partial charge in [-0.05, 0) is 23.3 Å². The Hall–Kier alpha value is -3.22. The molecule has 0 aliphatic rings. The van der Waals surface area contributed by atoms with Crippen molar-refractivity contribution in [3.05, 3.63) is 92.8 Å². The van der Waals surface area contributed by atoms with Gasteiger partial charge in [-0.3, -0.25) is 4.79 Å². The lowest BCUT2D eigenvalue weighted by Crippen LogP contribution is -2.13. The average Bonchev–Trinajstić information content (AvgIpc) is 3.17. The van der Waals surface area contributed by atoms with Crippen molar-refractivity contribution in [2.24, 2.45) is 0 Å². The van der Waals surface area contributed by atoms with E-state index in [-0.39, 0.29) is 12.2 Å². The average molecular weight is 423 g/mol. The van der Waals surface area contributed by atoms with E-state index in [9.17, 15) is 9.59 Å². The summed E-state index contributed by atoms with van der Waals surface area (Å²) in [4.78, 5) is 32.3. The fraction of sp³-hybridized carbons (Fsp3) is 0.0455. The number of halogens is 1. The van der Waals surface area contributed by atoms with E-state index >= 15 is 0 Å². The molecule has 0 aliphatic carbocycles. The molecule has 0 spiro atoms. The molecule has 4 aromatic rings. The number of rotatable bonds is 5. The molecule has 7 heteroatoms. The van der Waals surface area contributed by atoms with Crippen LogP contribution in [0.15, 0.2) is 70.8 Å². The van der Waals surface area contributed by atoms with Crippen LogP contribution in [0.3, 0.4) is 0 Å². The van der Waals surface area contributed by atoms with Crippen molar-refractivity contribution in [2.75, 3.05) is 0 Å². The van der Waals surface area contributed by atoms with Crippen LogP contribution in [0.1, 0.15) is 11.4 Å². The summed E-state index contributed by atoms with van der Waals surface area (Å²) in [6.45, 7) is -0.130. The second-order valence-electron chi connectivity index (χ2n) is 6.17. The van der Waals surface area contributed by atoms with Gasteiger partial charge >= 0.3 is 5.97 Å². The van der Waals surface area contributed by atoms with Gasteiger partial charge in [-0.15, -0.1) is 11.3 Å². The Labute approximate surface area is 175 Å². The van der Waals surface area contributed by atoms with E-state index in [0.29, 0.717) is 26.6 Å². The van der Waals surface area contributed by atoms with Crippen LogP contribution in [0.25, 0.3) is 27.4 Å². The summed E-state index contributed by atoms with van der Waals surface area (Å²) in [5.74, 6) is -0.257. The van der Waals surface area contributed by atoms with Gasteiger partial charge in [0.05, 0.1) is 5.39 Å². The van der Waals surface area contributed by atoms with Crippen LogP contribution in [0.2, 0.25) is 5.02 Å². The minimum absolute atomic E-state index is 0.130. The van der Waals surface area contributed by atoms with Gasteiger partial charge in [0.2, 0.25) is 0 Å². The number of fused-ring (bicyclic) bond motifs is 1. The van der Waals surface area contributed by atoms with Crippen LogP contribution in [0.4, 0.5) is 0 Å². The number of nitrogens with zero attached hydrogens (tertiary/aromatic N) is 1. The minimum Gasteiger partial charge on any atom is -0.454 e. The number of H-pyrrole nitrogens is 1. The van der Waals surface area contributed by atoms with Crippen LogP contribution < -0.4 is 5.56 Å². The zero-order chi connectivity index (χ0) is 20.2. The van der Waals surface area contributed by atoms with Gasteiger partial charge in [0.25, 0.3) is 5.56 Å². The lowest BCUT2D eigenvalue weighted by molar-refractivity contribution is -0.139. The number of carbonyl (C=O) groups is 1. The molecule has 5 nitrogen and oxygen atoms in total. The predicted molar refractivity (Wildman–Crippen MR) is 116 cm³/mol. The Kier molecular flexibility index (Phi) is 5.55. The number of esters is 1. The fourth-order valence-corrected chi connectivity index (χ4v) is 4.01. The maximum absolute atomic E-state index is 12.6. The number of nitrogens with one attached hydrogen (secondary N) is 1. The molecule has 144 valence electrons. The van der Waals surface area contributed by atoms with Gasteiger partial charge < -0.3 is 9.72 Å². The Morgan fingerprint density at radius 3 is 2.69 bits per heavy atom. The summed E-state index contributed by atoms with van der Waals surface area (Å²) >= 11 is 7.43. The van der Waals surface area contributed by atoms with Crippen molar-refractivity contribution in [3.63, 3.8) is 0 Å². The highest BCUT2D eigenvalue weighted by Crippen LogP contribution is 2.30. The third-order valence-corrected chi connectivity index (χ3v) is 5.45. The van der Waals surface area contributed by atoms with E-state index in [0.717, 1.165) is 11.1 Å². The number of hydrogen-bond acceptors (Lipinski definition) is 5. The zero-order valence-corrected chi connectivity index (χ0v) is 16.7. The number of aromatic nitrogens is 2. The van der Waals surface area contributed by atoms with E-state index in [2.05, 4.69) is 9.97 Å². The molecule has 0 fully saturated rings. The first-order valence-corrected chi connectivity index (χ1v) is 10.0. The molecule has 0 bridgehead atoms. The topological polar surface area (TPSA) is 72.0 Å². The lowest BCUT2D eigenvalue weighted by Gasteiger charge is -2.03. The number of carbonyl (C=O) groups excluding carboxylic acids is 1. The van der Waals surface area contributed by atoms with Crippen molar-refractivity contribution in [3.8, 4) is 11.1 Å². The van der Waals surface area contributed by atoms with Crippen LogP contribution in [-0.4, -0.2) is 15.9 Å². The summed E-state index contributed by atoms with van der Waals surface area (Å²) < 4.78 is 5.19. The molecule has 0 saturated heterocycles. The molecule has 1 N–H and O–H groups in total. The largest absolute Gasteiger partial charge is 0.454 e. The zero-order valence-electron chi connectivity index (χ0n) is 15.1. The SMILES string of the molecule is O=C(C=Cc1ccccc1Cl)OCc1nc2scc(-c3ccccc3)c2c(=O)[nH]1. The molecule has 0 atom stereocenters. The van der Waals surface area contributed by atoms with Crippen molar-refractivity contribution in [2.45, 2.75) is 6.61 Å². The van der Waals surface area contributed by atoms with Crippen LogP contribution in [0.5, 0.6) is 0 Å². The quantitative estimate of drug-likeness (QED) is 0.360. The van der Waals surface area contributed by atoms with Gasteiger partial charge in [0.1, 0.15) is 17.3 Å². The number of benzene rings is 2. The maximum Gasteiger partial charge on any atom is 0.331 e. The number of hydrogen-bond donors (Lipinski definition) is 1. The predicted octanol–water partition coefficient (Wildman–Crippen LogP) is 5.06. The van der Waals surface area contributed by atoms with Gasteiger partial charge in [0, 0.05) is 22.0 Å². The normalized spacial score (nSPS) is 11.2. The smallest absolute Gasteiger partial charge is 0.331 e. The summed E-state index contributed by atoms with van der Waals surface area (Å²) in [5.41, 5.74) is 2.25. The Balaban J connectivity index is 1.50. The molecule has 29 heavy (non-hydrogen) atoms. The number of ether oxygens (including phenoxy) is 1. The second-order valence-corrected chi connectivity index (χ2v) is 7.44. The third kappa shape index (κ3) is 4.29. The lowest BCUT2D eigenvalue weighted by atomic mass is 10.1. The monoisotopic (exact) mass is 422 g/mol. The summed E-state index contributed by atoms with van der Waals surface area (Å²) in [6, 6.07) is 16.8. The van der Waals surface area contributed by atoms with Crippen molar-refractivity contribution in [1.29, 1.82) is 0 Å². The van der Waals surface area contributed by atoms with E-state index < -0.39 is 5.97 Å². The van der Waals surface area contributed by atoms with E-state index in [4.69, 9.17) is 16.3 Å². The van der Waals surface area contributed by atoms with Crippen molar-refractivity contribution < 1.29 is 9.53 Å². The molecule has 2 heterocycles. The maximum atomic E-state index is 12.6. The van der Waals surface area contributed by atoms with Crippen LogP contribution in [-0.2, 0) is 16.1 Å². The standard InChI is InChI=1S/C22H15ClN2O3S/c23-17-9-5-4-8-15(17)10-11-19(26)28-12-18-24-21(27)20-16(13-29-22(20)25-18)14-6-2-1-3-7-14/h1-11,13H,12H2,(H,24,25,27). The molecule has 2 aromatic heterocycles. The van der Waals surface area contributed by atoms with Gasteiger partial charge in [-0.2, -0.15) is 0 Å². The fourth-order valence-electron chi connectivity index (χ4n) is 2.85. The summed E-state index contributed by atoms with van der Waals surface area (Å²) in [5, 5.41) is 2.99. The summed E-state index contributed by atoms with van der Waals surface area (Å²) in [7, 11) is 0. The van der Waals surface area contributed by atoms with E-state index in [1.54, 1.807) is 18.2 Å². The van der Waals surface area contributed by atoms with Crippen LogP contribution in [0, 0.1) is 0 Å². The first-order chi connectivity index (χ1) is 14.1.